The van der Waals surface area contributed by atoms with Gasteiger partial charge in [0.25, 0.3) is 0 Å². The van der Waals surface area contributed by atoms with E-state index in [4.69, 9.17) is 4.98 Å². The quantitative estimate of drug-likeness (QED) is 0.542. The van der Waals surface area contributed by atoms with Crippen LogP contribution in [0.5, 0.6) is 0 Å². The Hall–Kier alpha value is -2.99. The molecule has 2 atom stereocenters. The molecule has 0 spiro atoms. The van der Waals surface area contributed by atoms with E-state index in [2.05, 4.69) is 63.5 Å². The summed E-state index contributed by atoms with van der Waals surface area (Å²) in [6.07, 6.45) is 10.7. The Morgan fingerprint density at radius 1 is 1.10 bits per heavy atom. The van der Waals surface area contributed by atoms with Crippen LogP contribution in [0.1, 0.15) is 25.7 Å². The molecule has 6 nitrogen and oxygen atoms in total. The zero-order chi connectivity index (χ0) is 19.8. The molecule has 0 radical (unpaired) electrons. The fourth-order valence-electron chi connectivity index (χ4n) is 4.52. The Balaban J connectivity index is 1.48. The number of hydrogen-bond donors (Lipinski definition) is 2. The molecule has 3 aromatic heterocycles. The van der Waals surface area contributed by atoms with Crippen LogP contribution in [0.2, 0.25) is 0 Å². The first-order chi connectivity index (χ1) is 14.2. The van der Waals surface area contributed by atoms with Crippen molar-refractivity contribution in [3.63, 3.8) is 0 Å². The molecule has 0 saturated heterocycles. The van der Waals surface area contributed by atoms with Gasteiger partial charge in [0.05, 0.1) is 5.52 Å². The normalized spacial score (nSPS) is 19.8. The first-order valence-electron chi connectivity index (χ1n) is 10.3. The molecule has 0 amide bonds. The van der Waals surface area contributed by atoms with E-state index in [1.165, 1.54) is 19.3 Å². The van der Waals surface area contributed by atoms with Crippen LogP contribution in [0.3, 0.4) is 0 Å². The summed E-state index contributed by atoms with van der Waals surface area (Å²) in [6.45, 7) is 0. The third-order valence-electron chi connectivity index (χ3n) is 6.05. The summed E-state index contributed by atoms with van der Waals surface area (Å²) in [7, 11) is 4.32. The van der Waals surface area contributed by atoms with Crippen LogP contribution in [0.25, 0.3) is 33.1 Å². The summed E-state index contributed by atoms with van der Waals surface area (Å²) < 4.78 is 0. The van der Waals surface area contributed by atoms with Crippen LogP contribution in [0.4, 0.5) is 5.95 Å². The lowest BCUT2D eigenvalue weighted by Crippen LogP contribution is -2.45. The molecule has 3 heterocycles. The SMILES string of the molecule is CN(C)[C@H]1CCCC[C@H]1Nc1ncc2ccc(-c3c[nH]c4ncccc34)cc2n1. The zero-order valence-corrected chi connectivity index (χ0v) is 16.9. The summed E-state index contributed by atoms with van der Waals surface area (Å²) in [6, 6.07) is 11.3. The number of fused-ring (bicyclic) bond motifs is 2. The maximum absolute atomic E-state index is 4.85. The fourth-order valence-corrected chi connectivity index (χ4v) is 4.52. The van der Waals surface area contributed by atoms with Crippen LogP contribution in [-0.2, 0) is 0 Å². The maximum atomic E-state index is 4.85. The Kier molecular flexibility index (Phi) is 4.64. The highest BCUT2D eigenvalue weighted by atomic mass is 15.2. The zero-order valence-electron chi connectivity index (χ0n) is 16.9. The number of H-pyrrole nitrogens is 1. The average Bonchev–Trinajstić information content (AvgIpc) is 3.18. The molecule has 1 saturated carbocycles. The standard InChI is InChI=1S/C23H26N6/c1-29(2)21-8-4-3-7-19(21)27-23-26-13-16-10-9-15(12-20(16)28-23)18-14-25-22-17(18)6-5-11-24-22/h5-6,9-14,19,21H,3-4,7-8H2,1-2H3,(H,24,25)(H,26,27,28)/t19-,21+/m1/s1. The van der Waals surface area contributed by atoms with Gasteiger partial charge in [-0.3, -0.25) is 0 Å². The molecule has 5 rings (SSSR count). The number of rotatable bonds is 4. The number of likely N-dealkylation sites (N-methyl/N-ethyl adjacent to an activating group) is 1. The van der Waals surface area contributed by atoms with E-state index in [-0.39, 0.29) is 0 Å². The van der Waals surface area contributed by atoms with Crippen molar-refractivity contribution >= 4 is 27.9 Å². The van der Waals surface area contributed by atoms with Gasteiger partial charge in [-0.2, -0.15) is 0 Å². The van der Waals surface area contributed by atoms with Crippen molar-refractivity contribution in [3.8, 4) is 11.1 Å². The van der Waals surface area contributed by atoms with E-state index < -0.39 is 0 Å². The van der Waals surface area contributed by atoms with E-state index in [1.54, 1.807) is 6.20 Å². The second-order valence-corrected chi connectivity index (χ2v) is 8.14. The highest BCUT2D eigenvalue weighted by molar-refractivity contribution is 5.96. The molecule has 1 aromatic carbocycles. The van der Waals surface area contributed by atoms with Crippen LogP contribution in [0, 0.1) is 0 Å². The second kappa shape index (κ2) is 7.44. The Bertz CT molecular complexity index is 1150. The first kappa shape index (κ1) is 18.1. The van der Waals surface area contributed by atoms with Crippen molar-refractivity contribution in [2.75, 3.05) is 19.4 Å². The topological polar surface area (TPSA) is 69.7 Å². The minimum atomic E-state index is 0.388. The maximum Gasteiger partial charge on any atom is 0.223 e. The number of nitrogens with zero attached hydrogens (tertiary/aromatic N) is 4. The molecule has 0 unspecified atom stereocenters. The van der Waals surface area contributed by atoms with Crippen LogP contribution in [0.15, 0.2) is 48.9 Å². The van der Waals surface area contributed by atoms with E-state index in [9.17, 15) is 0 Å². The summed E-state index contributed by atoms with van der Waals surface area (Å²) in [5.41, 5.74) is 4.13. The third kappa shape index (κ3) is 3.44. The number of pyridine rings is 1. The molecule has 1 fully saturated rings. The monoisotopic (exact) mass is 386 g/mol. The van der Waals surface area contributed by atoms with Crippen molar-refractivity contribution in [2.45, 2.75) is 37.8 Å². The summed E-state index contributed by atoms with van der Waals surface area (Å²) in [4.78, 5) is 19.4. The van der Waals surface area contributed by atoms with E-state index in [0.717, 1.165) is 39.5 Å². The van der Waals surface area contributed by atoms with E-state index in [0.29, 0.717) is 18.0 Å². The molecule has 2 N–H and O–H groups in total. The van der Waals surface area contributed by atoms with Crippen LogP contribution < -0.4 is 5.32 Å². The number of nitrogens with one attached hydrogen (secondary N) is 2. The van der Waals surface area contributed by atoms with Gasteiger partial charge in [-0.05, 0) is 50.7 Å². The lowest BCUT2D eigenvalue weighted by molar-refractivity contribution is 0.211. The van der Waals surface area contributed by atoms with Crippen molar-refractivity contribution in [1.29, 1.82) is 0 Å². The Labute approximate surface area is 170 Å². The van der Waals surface area contributed by atoms with Gasteiger partial charge in [0.2, 0.25) is 5.95 Å². The molecule has 1 aliphatic carbocycles. The van der Waals surface area contributed by atoms with E-state index >= 15 is 0 Å². The first-order valence-corrected chi connectivity index (χ1v) is 10.3. The van der Waals surface area contributed by atoms with Gasteiger partial charge in [0, 0.05) is 47.0 Å². The fraction of sp³-hybridized carbons (Fsp3) is 0.348. The Morgan fingerprint density at radius 3 is 2.90 bits per heavy atom. The van der Waals surface area contributed by atoms with Gasteiger partial charge in [-0.15, -0.1) is 0 Å². The van der Waals surface area contributed by atoms with E-state index in [1.807, 2.05) is 18.5 Å². The van der Waals surface area contributed by atoms with Crippen molar-refractivity contribution in [3.05, 3.63) is 48.9 Å². The molecule has 29 heavy (non-hydrogen) atoms. The van der Waals surface area contributed by atoms with Gasteiger partial charge < -0.3 is 15.2 Å². The van der Waals surface area contributed by atoms with Gasteiger partial charge >= 0.3 is 0 Å². The molecule has 0 bridgehead atoms. The number of aromatic nitrogens is 4. The smallest absolute Gasteiger partial charge is 0.223 e. The van der Waals surface area contributed by atoms with Gasteiger partial charge in [-0.1, -0.05) is 25.0 Å². The van der Waals surface area contributed by atoms with Crippen molar-refractivity contribution in [2.24, 2.45) is 0 Å². The summed E-state index contributed by atoms with van der Waals surface area (Å²) >= 11 is 0. The second-order valence-electron chi connectivity index (χ2n) is 8.14. The molecular formula is C23H26N6. The third-order valence-corrected chi connectivity index (χ3v) is 6.05. The molecule has 4 aromatic rings. The van der Waals surface area contributed by atoms with Crippen molar-refractivity contribution < 1.29 is 0 Å². The molecule has 148 valence electrons. The van der Waals surface area contributed by atoms with Crippen molar-refractivity contribution in [1.82, 2.24) is 24.8 Å². The average molecular weight is 387 g/mol. The highest BCUT2D eigenvalue weighted by Crippen LogP contribution is 2.30. The Morgan fingerprint density at radius 2 is 2.00 bits per heavy atom. The number of hydrogen-bond acceptors (Lipinski definition) is 5. The highest BCUT2D eigenvalue weighted by Gasteiger charge is 2.27. The minimum absolute atomic E-state index is 0.388. The van der Waals surface area contributed by atoms with Crippen LogP contribution in [-0.4, -0.2) is 51.0 Å². The van der Waals surface area contributed by atoms with Gasteiger partial charge in [0.15, 0.2) is 0 Å². The largest absolute Gasteiger partial charge is 0.350 e. The van der Waals surface area contributed by atoms with Crippen LogP contribution >= 0.6 is 0 Å². The predicted octanol–water partition coefficient (Wildman–Crippen LogP) is 4.46. The minimum Gasteiger partial charge on any atom is -0.350 e. The molecule has 6 heteroatoms. The lowest BCUT2D eigenvalue weighted by atomic mass is 9.89. The molecular weight excluding hydrogens is 360 g/mol. The molecule has 0 aliphatic heterocycles. The lowest BCUT2D eigenvalue weighted by Gasteiger charge is -2.36. The van der Waals surface area contributed by atoms with Gasteiger partial charge in [-0.25, -0.2) is 15.0 Å². The predicted molar refractivity (Wildman–Crippen MR) is 118 cm³/mol. The molecule has 1 aliphatic rings. The summed E-state index contributed by atoms with van der Waals surface area (Å²) in [5.74, 6) is 0.717. The number of aromatic amines is 1. The summed E-state index contributed by atoms with van der Waals surface area (Å²) in [5, 5.41) is 5.78. The van der Waals surface area contributed by atoms with Gasteiger partial charge in [0.1, 0.15) is 5.65 Å². The number of anilines is 1. The number of benzene rings is 1.